The van der Waals surface area contributed by atoms with E-state index in [9.17, 15) is 13.5 Å². The number of benzene rings is 1. The van der Waals surface area contributed by atoms with Crippen molar-refractivity contribution in [3.05, 3.63) is 41.3 Å². The van der Waals surface area contributed by atoms with Crippen LogP contribution < -0.4 is 0 Å². The molecular formula is C12H16O3S. The fraction of sp³-hybridized carbons (Fsp3) is 0.333. The van der Waals surface area contributed by atoms with Crippen molar-refractivity contribution in [3.8, 4) is 0 Å². The Morgan fingerprint density at radius 3 is 2.38 bits per heavy atom. The van der Waals surface area contributed by atoms with Crippen LogP contribution in [0.2, 0.25) is 0 Å². The van der Waals surface area contributed by atoms with Crippen LogP contribution >= 0.6 is 0 Å². The second-order valence-electron chi connectivity index (χ2n) is 3.66. The topological polar surface area (TPSA) is 54.4 Å². The van der Waals surface area contributed by atoms with Gasteiger partial charge in [-0.25, -0.2) is 8.42 Å². The molecule has 0 aliphatic rings. The van der Waals surface area contributed by atoms with Gasteiger partial charge in [0.1, 0.15) is 0 Å². The van der Waals surface area contributed by atoms with Crippen molar-refractivity contribution in [1.82, 2.24) is 0 Å². The van der Waals surface area contributed by atoms with Gasteiger partial charge in [-0.1, -0.05) is 24.6 Å². The second kappa shape index (κ2) is 5.27. The Hall–Kier alpha value is -1.13. The molecule has 0 aromatic heterocycles. The standard InChI is InChI=1S/C12H16O3S/c1-3-11(13)8-9-16(14,15)12-6-4-10(2)5-7-12/h4-9,11,13H,3H2,1-2H3. The van der Waals surface area contributed by atoms with E-state index in [2.05, 4.69) is 0 Å². The highest BCUT2D eigenvalue weighted by molar-refractivity contribution is 7.94. The van der Waals surface area contributed by atoms with E-state index in [1.165, 1.54) is 6.08 Å². The average Bonchev–Trinajstić information content (AvgIpc) is 2.26. The fourth-order valence-corrected chi connectivity index (χ4v) is 2.20. The second-order valence-corrected chi connectivity index (χ2v) is 5.50. The lowest BCUT2D eigenvalue weighted by molar-refractivity contribution is 0.219. The summed E-state index contributed by atoms with van der Waals surface area (Å²) in [6.07, 6.45) is 1.09. The minimum atomic E-state index is -3.42. The molecule has 1 atom stereocenters. The van der Waals surface area contributed by atoms with Crippen molar-refractivity contribution in [2.24, 2.45) is 0 Å². The Bertz CT molecular complexity index is 458. The van der Waals surface area contributed by atoms with Gasteiger partial charge in [-0.3, -0.25) is 0 Å². The van der Waals surface area contributed by atoms with Crippen LogP contribution in [0.4, 0.5) is 0 Å². The summed E-state index contributed by atoms with van der Waals surface area (Å²) in [6, 6.07) is 6.62. The molecule has 88 valence electrons. The minimum absolute atomic E-state index is 0.248. The molecule has 0 saturated carbocycles. The molecular weight excluding hydrogens is 224 g/mol. The highest BCUT2D eigenvalue weighted by Crippen LogP contribution is 2.13. The summed E-state index contributed by atoms with van der Waals surface area (Å²) < 4.78 is 23.5. The third kappa shape index (κ3) is 3.47. The normalized spacial score (nSPS) is 14.2. The van der Waals surface area contributed by atoms with Crippen molar-refractivity contribution < 1.29 is 13.5 Å². The number of rotatable bonds is 4. The number of aliphatic hydroxyl groups is 1. The summed E-state index contributed by atoms with van der Waals surface area (Å²) in [4.78, 5) is 0.248. The monoisotopic (exact) mass is 240 g/mol. The summed E-state index contributed by atoms with van der Waals surface area (Å²) in [5, 5.41) is 10.3. The van der Waals surface area contributed by atoms with Crippen LogP contribution in [0.15, 0.2) is 40.6 Å². The van der Waals surface area contributed by atoms with Gasteiger partial charge in [0.2, 0.25) is 0 Å². The number of aryl methyl sites for hydroxylation is 1. The summed E-state index contributed by atoms with van der Waals surface area (Å²) >= 11 is 0. The van der Waals surface area contributed by atoms with E-state index in [1.54, 1.807) is 31.2 Å². The molecule has 1 rings (SSSR count). The third-order valence-electron chi connectivity index (χ3n) is 2.25. The van der Waals surface area contributed by atoms with Gasteiger partial charge in [0.05, 0.1) is 11.0 Å². The van der Waals surface area contributed by atoms with Crippen molar-refractivity contribution >= 4 is 9.84 Å². The summed E-state index contributed by atoms with van der Waals surface area (Å²) in [6.45, 7) is 3.68. The highest BCUT2D eigenvalue weighted by atomic mass is 32.2. The van der Waals surface area contributed by atoms with Crippen molar-refractivity contribution in [1.29, 1.82) is 0 Å². The number of aliphatic hydroxyl groups excluding tert-OH is 1. The lowest BCUT2D eigenvalue weighted by Gasteiger charge is -2.01. The first kappa shape index (κ1) is 12.9. The van der Waals surface area contributed by atoms with Crippen molar-refractivity contribution in [2.45, 2.75) is 31.3 Å². The van der Waals surface area contributed by atoms with Crippen LogP contribution in [0.3, 0.4) is 0 Å². The molecule has 0 aliphatic carbocycles. The first-order valence-corrected chi connectivity index (χ1v) is 6.68. The van der Waals surface area contributed by atoms with Gasteiger partial charge in [-0.15, -0.1) is 0 Å². The Labute approximate surface area is 96.4 Å². The summed E-state index contributed by atoms with van der Waals surface area (Å²) in [5.41, 5.74) is 1.01. The molecule has 16 heavy (non-hydrogen) atoms. The number of sulfone groups is 1. The first-order valence-electron chi connectivity index (χ1n) is 5.13. The maximum atomic E-state index is 11.8. The SMILES string of the molecule is CCC(O)C=CS(=O)(=O)c1ccc(C)cc1. The minimum Gasteiger partial charge on any atom is -0.389 e. The van der Waals surface area contributed by atoms with Gasteiger partial charge >= 0.3 is 0 Å². The predicted octanol–water partition coefficient (Wildman–Crippen LogP) is 2.05. The van der Waals surface area contributed by atoms with E-state index >= 15 is 0 Å². The Kier molecular flexibility index (Phi) is 4.26. The average molecular weight is 240 g/mol. The predicted molar refractivity (Wildman–Crippen MR) is 63.8 cm³/mol. The Balaban J connectivity index is 2.94. The molecule has 0 aliphatic heterocycles. The van der Waals surface area contributed by atoms with Gasteiger partial charge in [0.25, 0.3) is 0 Å². The maximum Gasteiger partial charge on any atom is 0.199 e. The van der Waals surface area contributed by atoms with Crippen LogP contribution in [0, 0.1) is 6.92 Å². The van der Waals surface area contributed by atoms with Gasteiger partial charge in [0.15, 0.2) is 9.84 Å². The van der Waals surface area contributed by atoms with Crippen LogP contribution in [0.5, 0.6) is 0 Å². The van der Waals surface area contributed by atoms with Gasteiger partial charge in [0, 0.05) is 5.41 Å². The molecule has 0 heterocycles. The van der Waals surface area contributed by atoms with E-state index in [0.717, 1.165) is 11.0 Å². The molecule has 3 nitrogen and oxygen atoms in total. The zero-order chi connectivity index (χ0) is 12.2. The van der Waals surface area contributed by atoms with Gasteiger partial charge in [-0.2, -0.15) is 0 Å². The number of hydrogen-bond donors (Lipinski definition) is 1. The smallest absolute Gasteiger partial charge is 0.199 e. The molecule has 0 saturated heterocycles. The molecule has 0 bridgehead atoms. The van der Waals surface area contributed by atoms with E-state index in [-0.39, 0.29) is 4.90 Å². The number of hydrogen-bond acceptors (Lipinski definition) is 3. The fourth-order valence-electron chi connectivity index (χ4n) is 1.14. The van der Waals surface area contributed by atoms with Crippen LogP contribution in [-0.2, 0) is 9.84 Å². The Morgan fingerprint density at radius 1 is 1.31 bits per heavy atom. The molecule has 0 amide bonds. The maximum absolute atomic E-state index is 11.8. The van der Waals surface area contributed by atoms with Crippen LogP contribution in [0.1, 0.15) is 18.9 Å². The third-order valence-corrected chi connectivity index (χ3v) is 3.69. The highest BCUT2D eigenvalue weighted by Gasteiger charge is 2.09. The van der Waals surface area contributed by atoms with E-state index in [4.69, 9.17) is 0 Å². The molecule has 1 aromatic carbocycles. The first-order chi connectivity index (χ1) is 7.45. The van der Waals surface area contributed by atoms with E-state index in [1.807, 2.05) is 6.92 Å². The molecule has 0 spiro atoms. The Morgan fingerprint density at radius 2 is 1.88 bits per heavy atom. The van der Waals surface area contributed by atoms with E-state index < -0.39 is 15.9 Å². The van der Waals surface area contributed by atoms with Crippen molar-refractivity contribution in [2.75, 3.05) is 0 Å². The largest absolute Gasteiger partial charge is 0.389 e. The molecule has 1 N–H and O–H groups in total. The van der Waals surface area contributed by atoms with Crippen LogP contribution in [0.25, 0.3) is 0 Å². The zero-order valence-corrected chi connectivity index (χ0v) is 10.2. The van der Waals surface area contributed by atoms with Crippen LogP contribution in [-0.4, -0.2) is 19.6 Å². The van der Waals surface area contributed by atoms with Gasteiger partial charge in [-0.05, 0) is 31.6 Å². The van der Waals surface area contributed by atoms with Crippen molar-refractivity contribution in [3.63, 3.8) is 0 Å². The molecule has 0 fully saturated rings. The lowest BCUT2D eigenvalue weighted by Crippen LogP contribution is -2.02. The molecule has 0 radical (unpaired) electrons. The molecule has 1 aromatic rings. The lowest BCUT2D eigenvalue weighted by atomic mass is 10.2. The zero-order valence-electron chi connectivity index (χ0n) is 9.42. The molecule has 4 heteroatoms. The van der Waals surface area contributed by atoms with E-state index in [0.29, 0.717) is 6.42 Å². The molecule has 1 unspecified atom stereocenters. The quantitative estimate of drug-likeness (QED) is 0.876. The van der Waals surface area contributed by atoms with Gasteiger partial charge < -0.3 is 5.11 Å². The summed E-state index contributed by atoms with van der Waals surface area (Å²) in [7, 11) is -3.42. The summed E-state index contributed by atoms with van der Waals surface area (Å²) in [5.74, 6) is 0.